The zero-order valence-electron chi connectivity index (χ0n) is 9.64. The van der Waals surface area contributed by atoms with Gasteiger partial charge in [-0.05, 0) is 41.0 Å². The number of halogens is 5. The van der Waals surface area contributed by atoms with Crippen molar-refractivity contribution in [1.29, 1.82) is 0 Å². The van der Waals surface area contributed by atoms with E-state index in [0.29, 0.717) is 16.7 Å². The summed E-state index contributed by atoms with van der Waals surface area (Å²) in [5.41, 5.74) is 1.03. The highest BCUT2D eigenvalue weighted by atomic mass is 35.5. The van der Waals surface area contributed by atoms with Crippen LogP contribution in [0.3, 0.4) is 0 Å². The average Bonchev–Trinajstić information content (AvgIpc) is 2.37. The molecule has 0 nitrogen and oxygen atoms in total. The van der Waals surface area contributed by atoms with Crippen LogP contribution in [-0.4, -0.2) is 0 Å². The molecular formula is C14H9ClF4. The van der Waals surface area contributed by atoms with Gasteiger partial charge in [0.15, 0.2) is 0 Å². The summed E-state index contributed by atoms with van der Waals surface area (Å²) in [5, 5.41) is 0. The van der Waals surface area contributed by atoms with Gasteiger partial charge >= 0.3 is 6.18 Å². The van der Waals surface area contributed by atoms with E-state index in [1.165, 1.54) is 30.3 Å². The Kier molecular flexibility index (Phi) is 3.80. The maximum Gasteiger partial charge on any atom is 0.416 e. The maximum atomic E-state index is 13.1. The van der Waals surface area contributed by atoms with Crippen molar-refractivity contribution in [2.75, 3.05) is 0 Å². The highest BCUT2D eigenvalue weighted by Gasteiger charge is 2.30. The molecule has 0 N–H and O–H groups in total. The molecule has 5 heteroatoms. The van der Waals surface area contributed by atoms with Crippen molar-refractivity contribution < 1.29 is 17.6 Å². The molecule has 2 rings (SSSR count). The highest BCUT2D eigenvalue weighted by Crippen LogP contribution is 2.32. The van der Waals surface area contributed by atoms with Crippen LogP contribution in [0.1, 0.15) is 11.1 Å². The van der Waals surface area contributed by atoms with Gasteiger partial charge in [0.25, 0.3) is 0 Å². The molecule has 0 atom stereocenters. The normalized spacial score (nSPS) is 11.6. The molecule has 0 fully saturated rings. The molecule has 0 spiro atoms. The lowest BCUT2D eigenvalue weighted by Gasteiger charge is -2.10. The van der Waals surface area contributed by atoms with Gasteiger partial charge in [0.2, 0.25) is 0 Å². The summed E-state index contributed by atoms with van der Waals surface area (Å²) in [6.07, 6.45) is -4.36. The van der Waals surface area contributed by atoms with E-state index in [1.54, 1.807) is 0 Å². The van der Waals surface area contributed by atoms with Gasteiger partial charge in [0.05, 0.1) is 5.56 Å². The summed E-state index contributed by atoms with van der Waals surface area (Å²) in [7, 11) is 0. The Labute approximate surface area is 112 Å². The van der Waals surface area contributed by atoms with Crippen LogP contribution in [0.4, 0.5) is 17.6 Å². The van der Waals surface area contributed by atoms with Gasteiger partial charge in [0, 0.05) is 5.88 Å². The molecular weight excluding hydrogens is 280 g/mol. The molecule has 0 bridgehead atoms. The van der Waals surface area contributed by atoms with Gasteiger partial charge in [-0.3, -0.25) is 0 Å². The number of hydrogen-bond acceptors (Lipinski definition) is 0. The molecule has 0 aliphatic heterocycles. The minimum atomic E-state index is -4.36. The zero-order chi connectivity index (χ0) is 14.0. The Bertz CT molecular complexity index is 573. The minimum Gasteiger partial charge on any atom is -0.207 e. The lowest BCUT2D eigenvalue weighted by molar-refractivity contribution is -0.137. The van der Waals surface area contributed by atoms with Gasteiger partial charge in [-0.25, -0.2) is 4.39 Å². The van der Waals surface area contributed by atoms with Crippen LogP contribution in [0.25, 0.3) is 11.1 Å². The Hall–Kier alpha value is -1.55. The molecule has 19 heavy (non-hydrogen) atoms. The number of rotatable bonds is 2. The summed E-state index contributed by atoms with van der Waals surface area (Å²) in [4.78, 5) is 0. The van der Waals surface area contributed by atoms with E-state index in [-0.39, 0.29) is 5.88 Å². The second kappa shape index (κ2) is 5.21. The van der Waals surface area contributed by atoms with Crippen LogP contribution in [0.15, 0.2) is 42.5 Å². The third-order valence-corrected chi connectivity index (χ3v) is 3.02. The van der Waals surface area contributed by atoms with Crippen molar-refractivity contribution >= 4 is 11.6 Å². The number of alkyl halides is 4. The third-order valence-electron chi connectivity index (χ3n) is 2.73. The van der Waals surface area contributed by atoms with Crippen molar-refractivity contribution in [3.8, 4) is 11.1 Å². The van der Waals surface area contributed by atoms with Crippen molar-refractivity contribution in [2.24, 2.45) is 0 Å². The zero-order valence-corrected chi connectivity index (χ0v) is 10.4. The first-order valence-electron chi connectivity index (χ1n) is 5.44. The van der Waals surface area contributed by atoms with E-state index < -0.39 is 17.6 Å². The van der Waals surface area contributed by atoms with Crippen LogP contribution in [0, 0.1) is 5.82 Å². The van der Waals surface area contributed by atoms with Gasteiger partial charge in [0.1, 0.15) is 5.82 Å². The second-order valence-electron chi connectivity index (χ2n) is 4.01. The quantitative estimate of drug-likeness (QED) is 0.523. The number of benzene rings is 2. The van der Waals surface area contributed by atoms with Crippen LogP contribution >= 0.6 is 11.6 Å². The van der Waals surface area contributed by atoms with Crippen molar-refractivity contribution in [1.82, 2.24) is 0 Å². The molecule has 0 heterocycles. The Morgan fingerprint density at radius 2 is 1.58 bits per heavy atom. The highest BCUT2D eigenvalue weighted by molar-refractivity contribution is 6.17. The fourth-order valence-corrected chi connectivity index (χ4v) is 2.01. The first kappa shape index (κ1) is 13.9. The van der Waals surface area contributed by atoms with E-state index in [9.17, 15) is 17.6 Å². The Morgan fingerprint density at radius 3 is 2.11 bits per heavy atom. The van der Waals surface area contributed by atoms with Crippen molar-refractivity contribution in [2.45, 2.75) is 12.1 Å². The summed E-state index contributed by atoms with van der Waals surface area (Å²) in [6.45, 7) is 0. The standard InChI is InChI=1S/C14H9ClF4/c15-8-10-7-12(16)5-6-13(10)9-1-3-11(4-2-9)14(17,18)19/h1-7H,8H2. The number of hydrogen-bond donors (Lipinski definition) is 0. The molecule has 0 saturated carbocycles. The molecule has 0 amide bonds. The van der Waals surface area contributed by atoms with Gasteiger partial charge in [-0.1, -0.05) is 18.2 Å². The van der Waals surface area contributed by atoms with E-state index >= 15 is 0 Å². The fraction of sp³-hybridized carbons (Fsp3) is 0.143. The first-order valence-corrected chi connectivity index (χ1v) is 5.97. The van der Waals surface area contributed by atoms with Gasteiger partial charge < -0.3 is 0 Å². The first-order chi connectivity index (χ1) is 8.91. The largest absolute Gasteiger partial charge is 0.416 e. The molecule has 100 valence electrons. The lowest BCUT2D eigenvalue weighted by Crippen LogP contribution is -2.04. The Balaban J connectivity index is 2.43. The lowest BCUT2D eigenvalue weighted by atomic mass is 9.99. The van der Waals surface area contributed by atoms with Crippen LogP contribution in [-0.2, 0) is 12.1 Å². The smallest absolute Gasteiger partial charge is 0.207 e. The molecule has 0 saturated heterocycles. The molecule has 0 aliphatic carbocycles. The summed E-state index contributed by atoms with van der Waals surface area (Å²) >= 11 is 5.71. The minimum absolute atomic E-state index is 0.0914. The van der Waals surface area contributed by atoms with Crippen LogP contribution in [0.2, 0.25) is 0 Å². The second-order valence-corrected chi connectivity index (χ2v) is 4.28. The predicted molar refractivity (Wildman–Crippen MR) is 66.4 cm³/mol. The third kappa shape index (κ3) is 3.07. The monoisotopic (exact) mass is 288 g/mol. The molecule has 2 aromatic carbocycles. The SMILES string of the molecule is Fc1ccc(-c2ccc(C(F)(F)F)cc2)c(CCl)c1. The van der Waals surface area contributed by atoms with E-state index in [0.717, 1.165) is 12.1 Å². The van der Waals surface area contributed by atoms with Crippen LogP contribution in [0.5, 0.6) is 0 Å². The predicted octanol–water partition coefficient (Wildman–Crippen LogP) is 5.25. The molecule has 0 unspecified atom stereocenters. The summed E-state index contributed by atoms with van der Waals surface area (Å²) < 4.78 is 50.4. The Morgan fingerprint density at radius 1 is 0.947 bits per heavy atom. The molecule has 0 radical (unpaired) electrons. The maximum absolute atomic E-state index is 13.1. The van der Waals surface area contributed by atoms with E-state index in [1.807, 2.05) is 0 Å². The fourth-order valence-electron chi connectivity index (χ4n) is 1.79. The van der Waals surface area contributed by atoms with Crippen LogP contribution < -0.4 is 0 Å². The van der Waals surface area contributed by atoms with E-state index in [4.69, 9.17) is 11.6 Å². The molecule has 2 aromatic rings. The van der Waals surface area contributed by atoms with Crippen molar-refractivity contribution in [3.05, 3.63) is 59.4 Å². The molecule has 0 aromatic heterocycles. The summed E-state index contributed by atoms with van der Waals surface area (Å²) in [6, 6.07) is 8.74. The van der Waals surface area contributed by atoms with Gasteiger partial charge in [-0.2, -0.15) is 13.2 Å². The topological polar surface area (TPSA) is 0 Å². The average molecular weight is 289 g/mol. The van der Waals surface area contributed by atoms with Gasteiger partial charge in [-0.15, -0.1) is 11.6 Å². The van der Waals surface area contributed by atoms with E-state index in [2.05, 4.69) is 0 Å². The summed E-state index contributed by atoms with van der Waals surface area (Å²) in [5.74, 6) is -0.333. The van der Waals surface area contributed by atoms with Crippen molar-refractivity contribution in [3.63, 3.8) is 0 Å². The molecule has 0 aliphatic rings.